The molecular weight excluding hydrogens is 261 g/mol. The topological polar surface area (TPSA) is 3.24 Å². The average Bonchev–Trinajstić information content (AvgIpc) is 2.40. The first-order valence-corrected chi connectivity index (χ1v) is 6.27. The van der Waals surface area contributed by atoms with Crippen LogP contribution in [0, 0.1) is 5.41 Å². The average molecular weight is 279 g/mol. The first kappa shape index (κ1) is 9.25. The van der Waals surface area contributed by atoms with Crippen LogP contribution in [0.3, 0.4) is 0 Å². The van der Waals surface area contributed by atoms with Gasteiger partial charge in [0.05, 0.1) is 0 Å². The van der Waals surface area contributed by atoms with Crippen LogP contribution in [0.1, 0.15) is 32.1 Å². The highest BCUT2D eigenvalue weighted by Crippen LogP contribution is 2.48. The van der Waals surface area contributed by atoms with Crippen LogP contribution in [0.25, 0.3) is 0 Å². The molecule has 70 valence electrons. The van der Waals surface area contributed by atoms with E-state index < -0.39 is 0 Å². The second-order valence-electron chi connectivity index (χ2n) is 4.64. The van der Waals surface area contributed by atoms with Gasteiger partial charge in [-0.05, 0) is 57.7 Å². The third-order valence-electron chi connectivity index (χ3n) is 3.69. The molecule has 1 unspecified atom stereocenters. The third-order valence-corrected chi connectivity index (χ3v) is 4.75. The molecule has 0 aromatic carbocycles. The van der Waals surface area contributed by atoms with Crippen molar-refractivity contribution in [1.82, 2.24) is 4.90 Å². The van der Waals surface area contributed by atoms with E-state index in [0.717, 1.165) is 9.34 Å². The Bertz CT molecular complexity index is 161. The lowest BCUT2D eigenvalue weighted by Crippen LogP contribution is -2.36. The Morgan fingerprint density at radius 1 is 1.25 bits per heavy atom. The standard InChI is InChI=1S/C10H18IN/c1-12-6-4-10(5-7-12)3-2-9(11)8-10/h9H,2-8H2,1H3. The molecule has 2 fully saturated rings. The Labute approximate surface area is 89.0 Å². The monoisotopic (exact) mass is 279 g/mol. The summed E-state index contributed by atoms with van der Waals surface area (Å²) in [5.74, 6) is 0. The van der Waals surface area contributed by atoms with E-state index in [2.05, 4.69) is 34.5 Å². The number of hydrogen-bond acceptors (Lipinski definition) is 1. The first-order chi connectivity index (χ1) is 5.70. The van der Waals surface area contributed by atoms with Gasteiger partial charge in [0.2, 0.25) is 0 Å². The van der Waals surface area contributed by atoms with Crippen LogP contribution in [-0.2, 0) is 0 Å². The van der Waals surface area contributed by atoms with Crippen molar-refractivity contribution in [2.75, 3.05) is 20.1 Å². The molecule has 0 N–H and O–H groups in total. The van der Waals surface area contributed by atoms with Gasteiger partial charge in [0.15, 0.2) is 0 Å². The van der Waals surface area contributed by atoms with Crippen molar-refractivity contribution in [3.8, 4) is 0 Å². The lowest BCUT2D eigenvalue weighted by Gasteiger charge is -2.37. The first-order valence-electron chi connectivity index (χ1n) is 5.03. The Kier molecular flexibility index (Phi) is 2.66. The Hall–Kier alpha value is 0.690. The quantitative estimate of drug-likeness (QED) is 0.487. The van der Waals surface area contributed by atoms with Gasteiger partial charge in [0.1, 0.15) is 0 Å². The van der Waals surface area contributed by atoms with Crippen molar-refractivity contribution >= 4 is 22.6 Å². The molecule has 2 heteroatoms. The van der Waals surface area contributed by atoms with Crippen LogP contribution in [0.5, 0.6) is 0 Å². The Morgan fingerprint density at radius 2 is 1.92 bits per heavy atom. The summed E-state index contributed by atoms with van der Waals surface area (Å²) in [6, 6.07) is 0. The number of likely N-dealkylation sites (tertiary alicyclic amines) is 1. The SMILES string of the molecule is CN1CCC2(CCC(I)C2)CC1. The molecule has 1 saturated carbocycles. The molecule has 1 nitrogen and oxygen atoms in total. The Morgan fingerprint density at radius 3 is 2.42 bits per heavy atom. The molecule has 0 aromatic rings. The lowest BCUT2D eigenvalue weighted by molar-refractivity contribution is 0.129. The highest BCUT2D eigenvalue weighted by molar-refractivity contribution is 14.1. The fraction of sp³-hybridized carbons (Fsp3) is 1.00. The smallest absolute Gasteiger partial charge is 0.0115 e. The summed E-state index contributed by atoms with van der Waals surface area (Å²) in [5, 5.41) is 0. The molecule has 1 aliphatic heterocycles. The fourth-order valence-electron chi connectivity index (χ4n) is 2.68. The second-order valence-corrected chi connectivity index (χ2v) is 6.40. The fourth-order valence-corrected chi connectivity index (χ4v) is 3.93. The van der Waals surface area contributed by atoms with Crippen molar-refractivity contribution < 1.29 is 0 Å². The van der Waals surface area contributed by atoms with Crippen LogP contribution in [0.15, 0.2) is 0 Å². The molecule has 1 atom stereocenters. The lowest BCUT2D eigenvalue weighted by atomic mass is 9.77. The molecule has 2 aliphatic rings. The van der Waals surface area contributed by atoms with Gasteiger partial charge < -0.3 is 4.90 Å². The van der Waals surface area contributed by atoms with E-state index in [1.54, 1.807) is 0 Å². The number of nitrogens with zero attached hydrogens (tertiary/aromatic N) is 1. The molecule has 0 aromatic heterocycles. The normalized spacial score (nSPS) is 36.0. The number of alkyl halides is 1. The van der Waals surface area contributed by atoms with Crippen molar-refractivity contribution in [3.63, 3.8) is 0 Å². The molecule has 12 heavy (non-hydrogen) atoms. The third kappa shape index (κ3) is 1.79. The van der Waals surface area contributed by atoms with Crippen LogP contribution >= 0.6 is 22.6 Å². The second kappa shape index (κ2) is 3.45. The predicted octanol–water partition coefficient (Wildman–Crippen LogP) is 2.69. The number of hydrogen-bond donors (Lipinski definition) is 0. The number of piperidine rings is 1. The maximum absolute atomic E-state index is 2.64. The molecule has 0 amide bonds. The van der Waals surface area contributed by atoms with Crippen molar-refractivity contribution in [2.45, 2.75) is 36.0 Å². The summed E-state index contributed by atoms with van der Waals surface area (Å²) in [6.07, 6.45) is 7.41. The van der Waals surface area contributed by atoms with Crippen molar-refractivity contribution in [2.24, 2.45) is 5.41 Å². The number of halogens is 1. The largest absolute Gasteiger partial charge is 0.306 e. The maximum Gasteiger partial charge on any atom is 0.0115 e. The van der Waals surface area contributed by atoms with Crippen LogP contribution in [0.2, 0.25) is 0 Å². The van der Waals surface area contributed by atoms with E-state index in [0.29, 0.717) is 0 Å². The minimum absolute atomic E-state index is 0.776. The van der Waals surface area contributed by atoms with Gasteiger partial charge in [-0.1, -0.05) is 22.6 Å². The molecule has 1 heterocycles. The molecule has 1 aliphatic carbocycles. The molecule has 0 bridgehead atoms. The van der Waals surface area contributed by atoms with Crippen LogP contribution < -0.4 is 0 Å². The molecule has 1 saturated heterocycles. The van der Waals surface area contributed by atoms with Gasteiger partial charge >= 0.3 is 0 Å². The van der Waals surface area contributed by atoms with Gasteiger partial charge in [-0.2, -0.15) is 0 Å². The van der Waals surface area contributed by atoms with Gasteiger partial charge in [-0.25, -0.2) is 0 Å². The van der Waals surface area contributed by atoms with E-state index in [-0.39, 0.29) is 0 Å². The summed E-state index contributed by atoms with van der Waals surface area (Å²) < 4.78 is 0.978. The highest BCUT2D eigenvalue weighted by atomic mass is 127. The van der Waals surface area contributed by atoms with Crippen LogP contribution in [-0.4, -0.2) is 29.0 Å². The molecule has 0 radical (unpaired) electrons. The van der Waals surface area contributed by atoms with Crippen LogP contribution in [0.4, 0.5) is 0 Å². The summed E-state index contributed by atoms with van der Waals surface area (Å²) in [4.78, 5) is 2.48. The van der Waals surface area contributed by atoms with Gasteiger partial charge in [-0.3, -0.25) is 0 Å². The van der Waals surface area contributed by atoms with E-state index in [1.165, 1.54) is 45.2 Å². The zero-order valence-electron chi connectivity index (χ0n) is 7.85. The minimum Gasteiger partial charge on any atom is -0.306 e. The predicted molar refractivity (Wildman–Crippen MR) is 60.8 cm³/mol. The van der Waals surface area contributed by atoms with E-state index in [9.17, 15) is 0 Å². The highest BCUT2D eigenvalue weighted by Gasteiger charge is 2.39. The Balaban J connectivity index is 1.95. The zero-order chi connectivity index (χ0) is 8.60. The van der Waals surface area contributed by atoms with E-state index in [4.69, 9.17) is 0 Å². The summed E-state index contributed by atoms with van der Waals surface area (Å²) in [6.45, 7) is 2.67. The summed E-state index contributed by atoms with van der Waals surface area (Å²) in [5.41, 5.74) is 0.776. The van der Waals surface area contributed by atoms with E-state index in [1.807, 2.05) is 0 Å². The molecular formula is C10H18IN. The minimum atomic E-state index is 0.776. The van der Waals surface area contributed by atoms with Crippen molar-refractivity contribution in [1.29, 1.82) is 0 Å². The molecule has 2 rings (SSSR count). The van der Waals surface area contributed by atoms with Gasteiger partial charge in [-0.15, -0.1) is 0 Å². The zero-order valence-corrected chi connectivity index (χ0v) is 10.0. The molecule has 1 spiro atoms. The van der Waals surface area contributed by atoms with E-state index >= 15 is 0 Å². The summed E-state index contributed by atoms with van der Waals surface area (Å²) >= 11 is 2.64. The van der Waals surface area contributed by atoms with Gasteiger partial charge in [0, 0.05) is 3.92 Å². The number of rotatable bonds is 0. The maximum atomic E-state index is 2.64. The van der Waals surface area contributed by atoms with Crippen molar-refractivity contribution in [3.05, 3.63) is 0 Å². The van der Waals surface area contributed by atoms with Gasteiger partial charge in [0.25, 0.3) is 0 Å². The summed E-state index contributed by atoms with van der Waals surface area (Å²) in [7, 11) is 2.25.